The molecule has 134 valence electrons. The average molecular weight is 361 g/mol. The molecule has 0 saturated heterocycles. The van der Waals surface area contributed by atoms with E-state index in [1.807, 2.05) is 19.1 Å². The first-order valence-corrected chi connectivity index (χ1v) is 8.15. The van der Waals surface area contributed by atoms with Crippen molar-refractivity contribution in [2.24, 2.45) is 0 Å². The Kier molecular flexibility index (Phi) is 3.36. The van der Waals surface area contributed by atoms with Gasteiger partial charge in [0, 0.05) is 10.9 Å². The van der Waals surface area contributed by atoms with Crippen molar-refractivity contribution in [3.8, 4) is 11.3 Å². The van der Waals surface area contributed by atoms with E-state index in [1.54, 1.807) is 12.1 Å². The minimum Gasteiger partial charge on any atom is -0.279 e. The number of nitrogens with zero attached hydrogens (tertiary/aromatic N) is 1. The van der Waals surface area contributed by atoms with E-state index in [-0.39, 0.29) is 5.56 Å². The smallest absolute Gasteiger partial charge is 0.279 e. The highest BCUT2D eigenvalue weighted by Gasteiger charge is 2.50. The number of benzene rings is 2. The van der Waals surface area contributed by atoms with Crippen molar-refractivity contribution in [2.75, 3.05) is 0 Å². The SMILES string of the molecule is Cc1c2n(c3ccccc13)C(=O)[C@@](C)(CC(F)(F)F)c1cc(F)ccc1-2. The normalized spacial score (nSPS) is 19.5. The van der Waals surface area contributed by atoms with E-state index in [9.17, 15) is 22.4 Å². The number of fused-ring (bicyclic) bond motifs is 5. The van der Waals surface area contributed by atoms with Crippen LogP contribution in [-0.4, -0.2) is 16.7 Å². The lowest BCUT2D eigenvalue weighted by Gasteiger charge is -2.36. The van der Waals surface area contributed by atoms with Crippen LogP contribution in [0, 0.1) is 12.7 Å². The molecule has 2 aromatic carbocycles. The molecule has 2 nitrogen and oxygen atoms in total. The average Bonchev–Trinajstić information content (AvgIpc) is 2.85. The number of hydrogen-bond donors (Lipinski definition) is 0. The van der Waals surface area contributed by atoms with Crippen LogP contribution in [0.15, 0.2) is 42.5 Å². The van der Waals surface area contributed by atoms with Crippen molar-refractivity contribution in [1.29, 1.82) is 0 Å². The molecule has 0 saturated carbocycles. The molecule has 0 amide bonds. The van der Waals surface area contributed by atoms with Crippen LogP contribution in [0.5, 0.6) is 0 Å². The number of halogens is 4. The lowest BCUT2D eigenvalue weighted by Crippen LogP contribution is -2.43. The number of hydrogen-bond acceptors (Lipinski definition) is 1. The van der Waals surface area contributed by atoms with Crippen LogP contribution in [0.1, 0.15) is 29.3 Å². The summed E-state index contributed by atoms with van der Waals surface area (Å²) < 4.78 is 55.1. The quantitative estimate of drug-likeness (QED) is 0.516. The second kappa shape index (κ2) is 5.19. The van der Waals surface area contributed by atoms with Gasteiger partial charge in [0.05, 0.1) is 23.0 Å². The summed E-state index contributed by atoms with van der Waals surface area (Å²) in [7, 11) is 0. The Morgan fingerprint density at radius 3 is 2.50 bits per heavy atom. The highest BCUT2D eigenvalue weighted by Crippen LogP contribution is 2.48. The molecule has 26 heavy (non-hydrogen) atoms. The Labute approximate surface area is 147 Å². The van der Waals surface area contributed by atoms with Crippen LogP contribution < -0.4 is 0 Å². The predicted molar refractivity (Wildman–Crippen MR) is 90.7 cm³/mol. The molecule has 6 heteroatoms. The standard InChI is InChI=1S/C20H15F4NO/c1-11-13-5-3-4-6-16(13)25-17(11)14-8-7-12(21)9-15(14)19(2,18(25)26)10-20(22,23)24/h3-9H,10H2,1-2H3/t19-/m0/s1. The molecule has 0 N–H and O–H groups in total. The van der Waals surface area contributed by atoms with Gasteiger partial charge in [-0.15, -0.1) is 0 Å². The van der Waals surface area contributed by atoms with E-state index in [4.69, 9.17) is 0 Å². The zero-order valence-corrected chi connectivity index (χ0v) is 14.1. The lowest BCUT2D eigenvalue weighted by molar-refractivity contribution is -0.144. The van der Waals surface area contributed by atoms with E-state index in [0.717, 1.165) is 17.0 Å². The molecule has 0 aliphatic carbocycles. The van der Waals surface area contributed by atoms with Gasteiger partial charge in [0.2, 0.25) is 5.91 Å². The van der Waals surface area contributed by atoms with Gasteiger partial charge >= 0.3 is 6.18 Å². The third kappa shape index (κ3) is 2.21. The molecule has 2 heterocycles. The summed E-state index contributed by atoms with van der Waals surface area (Å²) in [4.78, 5) is 13.3. The molecule has 1 aliphatic rings. The van der Waals surface area contributed by atoms with Gasteiger partial charge in [-0.25, -0.2) is 4.39 Å². The highest BCUT2D eigenvalue weighted by atomic mass is 19.4. The maximum absolute atomic E-state index is 13.9. The molecule has 0 radical (unpaired) electrons. The largest absolute Gasteiger partial charge is 0.390 e. The second-order valence-corrected chi connectivity index (χ2v) is 6.95. The van der Waals surface area contributed by atoms with E-state index in [1.165, 1.54) is 23.6 Å². The van der Waals surface area contributed by atoms with Crippen LogP contribution in [0.4, 0.5) is 17.6 Å². The Bertz CT molecular complexity index is 1060. The molecule has 3 aromatic rings. The van der Waals surface area contributed by atoms with Gasteiger partial charge in [0.25, 0.3) is 0 Å². The van der Waals surface area contributed by atoms with Crippen LogP contribution in [0.3, 0.4) is 0 Å². The van der Waals surface area contributed by atoms with Crippen molar-refractivity contribution in [2.45, 2.75) is 31.9 Å². The zero-order chi connectivity index (χ0) is 18.9. The monoisotopic (exact) mass is 361 g/mol. The van der Waals surface area contributed by atoms with Crippen molar-refractivity contribution >= 4 is 16.8 Å². The summed E-state index contributed by atoms with van der Waals surface area (Å²) in [5, 5.41) is 0.794. The molecule has 1 aliphatic heterocycles. The number of aryl methyl sites for hydroxylation is 1. The van der Waals surface area contributed by atoms with Gasteiger partial charge in [-0.3, -0.25) is 9.36 Å². The van der Waals surface area contributed by atoms with E-state index >= 15 is 0 Å². The maximum atomic E-state index is 13.9. The number of carbonyl (C=O) groups excluding carboxylic acids is 1. The van der Waals surface area contributed by atoms with E-state index < -0.39 is 29.7 Å². The molecule has 0 spiro atoms. The second-order valence-electron chi connectivity index (χ2n) is 6.95. The number of alkyl halides is 3. The van der Waals surface area contributed by atoms with Crippen molar-refractivity contribution < 1.29 is 22.4 Å². The summed E-state index contributed by atoms with van der Waals surface area (Å²) in [5.74, 6) is -1.35. The molecule has 0 fully saturated rings. The maximum Gasteiger partial charge on any atom is 0.390 e. The minimum atomic E-state index is -4.57. The molecule has 0 bridgehead atoms. The summed E-state index contributed by atoms with van der Waals surface area (Å²) in [6.07, 6.45) is -5.91. The topological polar surface area (TPSA) is 22.0 Å². The third-order valence-electron chi connectivity index (χ3n) is 5.19. The third-order valence-corrected chi connectivity index (χ3v) is 5.19. The summed E-state index contributed by atoms with van der Waals surface area (Å²) in [6.45, 7) is 3.06. The fraction of sp³-hybridized carbons (Fsp3) is 0.250. The van der Waals surface area contributed by atoms with Crippen LogP contribution in [0.2, 0.25) is 0 Å². The van der Waals surface area contributed by atoms with Gasteiger partial charge in [-0.2, -0.15) is 13.2 Å². The Morgan fingerprint density at radius 1 is 1.12 bits per heavy atom. The van der Waals surface area contributed by atoms with Crippen LogP contribution in [-0.2, 0) is 5.41 Å². The van der Waals surface area contributed by atoms with Gasteiger partial charge in [-0.1, -0.05) is 18.2 Å². The molecule has 0 unspecified atom stereocenters. The number of para-hydroxylation sites is 1. The van der Waals surface area contributed by atoms with Crippen LogP contribution >= 0.6 is 0 Å². The lowest BCUT2D eigenvalue weighted by atomic mass is 9.73. The molecular formula is C20H15F4NO. The van der Waals surface area contributed by atoms with Crippen molar-refractivity contribution in [3.63, 3.8) is 0 Å². The highest BCUT2D eigenvalue weighted by molar-refractivity contribution is 6.08. The van der Waals surface area contributed by atoms with Crippen LogP contribution in [0.25, 0.3) is 22.2 Å². The summed E-state index contributed by atoms with van der Waals surface area (Å²) in [6, 6.07) is 10.8. The number of carbonyl (C=O) groups is 1. The fourth-order valence-corrected chi connectivity index (χ4v) is 4.05. The van der Waals surface area contributed by atoms with Crippen molar-refractivity contribution in [1.82, 2.24) is 4.57 Å². The van der Waals surface area contributed by atoms with Gasteiger partial charge in [-0.05, 0) is 49.2 Å². The van der Waals surface area contributed by atoms with E-state index in [2.05, 4.69) is 0 Å². The molecular weight excluding hydrogens is 346 g/mol. The Hall–Kier alpha value is -2.63. The van der Waals surface area contributed by atoms with Gasteiger partial charge < -0.3 is 0 Å². The van der Waals surface area contributed by atoms with Crippen molar-refractivity contribution in [3.05, 3.63) is 59.4 Å². The van der Waals surface area contributed by atoms with Gasteiger partial charge in [0.1, 0.15) is 5.82 Å². The minimum absolute atomic E-state index is 0.0817. The summed E-state index contributed by atoms with van der Waals surface area (Å²) >= 11 is 0. The predicted octanol–water partition coefficient (Wildman–Crippen LogP) is 5.62. The summed E-state index contributed by atoms with van der Waals surface area (Å²) in [5.41, 5.74) is 0.538. The van der Waals surface area contributed by atoms with Gasteiger partial charge in [0.15, 0.2) is 0 Å². The number of rotatable bonds is 1. The Balaban J connectivity index is 2.13. The zero-order valence-electron chi connectivity index (χ0n) is 14.1. The number of aromatic nitrogens is 1. The molecule has 4 rings (SSSR count). The first-order chi connectivity index (χ1) is 12.1. The first-order valence-electron chi connectivity index (χ1n) is 8.15. The fourth-order valence-electron chi connectivity index (χ4n) is 4.05. The van der Waals surface area contributed by atoms with E-state index in [0.29, 0.717) is 16.8 Å². The Morgan fingerprint density at radius 2 is 1.81 bits per heavy atom. The molecule has 1 aromatic heterocycles. The first kappa shape index (κ1) is 16.8. The molecule has 1 atom stereocenters.